The smallest absolute Gasteiger partial charge is 0.229 e. The van der Waals surface area contributed by atoms with Crippen LogP contribution in [0.3, 0.4) is 0 Å². The molecule has 6 heteroatoms. The number of hydrogen-bond acceptors (Lipinski definition) is 5. The summed E-state index contributed by atoms with van der Waals surface area (Å²) in [4.78, 5) is 21.5. The highest BCUT2D eigenvalue weighted by Crippen LogP contribution is 2.39. The van der Waals surface area contributed by atoms with Crippen LogP contribution in [0.4, 0.5) is 5.13 Å². The minimum absolute atomic E-state index is 0.0565. The topological polar surface area (TPSA) is 68.0 Å². The second-order valence-electron chi connectivity index (χ2n) is 5.17. The van der Waals surface area contributed by atoms with Gasteiger partial charge in [0, 0.05) is 18.3 Å². The molecule has 22 heavy (non-hydrogen) atoms. The summed E-state index contributed by atoms with van der Waals surface area (Å²) in [5.74, 6) is 0.899. The molecule has 0 aliphatic heterocycles. The molecule has 1 amide bonds. The molecule has 1 N–H and O–H groups in total. The maximum Gasteiger partial charge on any atom is 0.229 e. The average Bonchev–Trinajstić information content (AvgIpc) is 3.10. The number of aromatic nitrogens is 2. The summed E-state index contributed by atoms with van der Waals surface area (Å²) >= 11 is 1.45. The average molecular weight is 311 g/mol. The fourth-order valence-corrected chi connectivity index (χ4v) is 3.18. The summed E-state index contributed by atoms with van der Waals surface area (Å²) in [6.45, 7) is 0. The first-order valence-electron chi connectivity index (χ1n) is 7.07. The highest BCUT2D eigenvalue weighted by Gasteiger charge is 2.30. The van der Waals surface area contributed by atoms with Crippen LogP contribution in [0.15, 0.2) is 47.3 Å². The van der Waals surface area contributed by atoms with Gasteiger partial charge in [0.15, 0.2) is 10.9 Å². The molecule has 3 aromatic heterocycles. The number of carbonyl (C=O) groups excluding carboxylic acids is 1. The summed E-state index contributed by atoms with van der Waals surface area (Å²) in [5, 5.41) is 3.51. The van der Waals surface area contributed by atoms with E-state index in [1.165, 1.54) is 11.3 Å². The van der Waals surface area contributed by atoms with E-state index >= 15 is 0 Å². The molecule has 5 nitrogen and oxygen atoms in total. The zero-order chi connectivity index (χ0) is 14.9. The Morgan fingerprint density at radius 3 is 2.77 bits per heavy atom. The van der Waals surface area contributed by atoms with Crippen LogP contribution < -0.4 is 5.32 Å². The molecule has 0 spiro atoms. The molecule has 0 radical (unpaired) electrons. The molecule has 0 bridgehead atoms. The van der Waals surface area contributed by atoms with Gasteiger partial charge in [-0.25, -0.2) is 4.98 Å². The van der Waals surface area contributed by atoms with Gasteiger partial charge < -0.3 is 9.73 Å². The molecular weight excluding hydrogens is 298 g/mol. The number of carbonyl (C=O) groups is 1. The molecule has 1 aliphatic carbocycles. The summed E-state index contributed by atoms with van der Waals surface area (Å²) in [7, 11) is 0. The van der Waals surface area contributed by atoms with Gasteiger partial charge in [-0.05, 0) is 42.7 Å². The van der Waals surface area contributed by atoms with Crippen LogP contribution >= 0.6 is 11.3 Å². The Labute approximate surface area is 131 Å². The molecule has 0 unspecified atom stereocenters. The monoisotopic (exact) mass is 311 g/mol. The van der Waals surface area contributed by atoms with E-state index < -0.39 is 0 Å². The maximum atomic E-state index is 11.9. The van der Waals surface area contributed by atoms with Crippen molar-refractivity contribution in [2.75, 3.05) is 5.32 Å². The molecule has 1 saturated carbocycles. The van der Waals surface area contributed by atoms with Gasteiger partial charge >= 0.3 is 0 Å². The van der Waals surface area contributed by atoms with E-state index in [4.69, 9.17) is 4.42 Å². The summed E-state index contributed by atoms with van der Waals surface area (Å²) in [5.41, 5.74) is 1.75. The number of nitrogens with zero attached hydrogens (tertiary/aromatic N) is 2. The quantitative estimate of drug-likeness (QED) is 0.795. The van der Waals surface area contributed by atoms with Gasteiger partial charge in [-0.15, -0.1) is 0 Å². The van der Waals surface area contributed by atoms with Gasteiger partial charge in [0.1, 0.15) is 5.69 Å². The van der Waals surface area contributed by atoms with Crippen molar-refractivity contribution in [1.82, 2.24) is 9.97 Å². The molecule has 110 valence electrons. The third kappa shape index (κ3) is 2.53. The SMILES string of the molecule is O=C(Nc1nc(-c2ccco2)c(-c2ccncc2)s1)C1CC1. The third-order valence-electron chi connectivity index (χ3n) is 3.50. The van der Waals surface area contributed by atoms with Crippen molar-refractivity contribution in [3.63, 3.8) is 0 Å². The van der Waals surface area contributed by atoms with Crippen molar-refractivity contribution < 1.29 is 9.21 Å². The first-order valence-corrected chi connectivity index (χ1v) is 7.89. The van der Waals surface area contributed by atoms with Crippen LogP contribution in [0.1, 0.15) is 12.8 Å². The lowest BCUT2D eigenvalue weighted by atomic mass is 10.2. The number of pyridine rings is 1. The fraction of sp³-hybridized carbons (Fsp3) is 0.188. The fourth-order valence-electron chi connectivity index (χ4n) is 2.21. The zero-order valence-electron chi connectivity index (χ0n) is 11.7. The van der Waals surface area contributed by atoms with Gasteiger partial charge in [-0.1, -0.05) is 11.3 Å². The Kier molecular flexibility index (Phi) is 3.23. The van der Waals surface area contributed by atoms with Gasteiger partial charge in [0.2, 0.25) is 5.91 Å². The van der Waals surface area contributed by atoms with Crippen LogP contribution in [0, 0.1) is 5.92 Å². The van der Waals surface area contributed by atoms with Crippen molar-refractivity contribution in [3.8, 4) is 21.9 Å². The summed E-state index contributed by atoms with van der Waals surface area (Å²) in [6, 6.07) is 7.54. The molecule has 1 fully saturated rings. The van der Waals surface area contributed by atoms with Crippen LogP contribution in [0.5, 0.6) is 0 Å². The van der Waals surface area contributed by atoms with Crippen molar-refractivity contribution >= 4 is 22.4 Å². The number of thiazole rings is 1. The maximum absolute atomic E-state index is 11.9. The predicted octanol–water partition coefficient (Wildman–Crippen LogP) is 3.81. The van der Waals surface area contributed by atoms with Crippen molar-refractivity contribution in [1.29, 1.82) is 0 Å². The van der Waals surface area contributed by atoms with E-state index in [9.17, 15) is 4.79 Å². The van der Waals surface area contributed by atoms with E-state index in [1.54, 1.807) is 18.7 Å². The lowest BCUT2D eigenvalue weighted by Crippen LogP contribution is -2.12. The molecule has 3 aromatic rings. The van der Waals surface area contributed by atoms with Crippen LogP contribution in [0.25, 0.3) is 21.9 Å². The minimum atomic E-state index is 0.0565. The number of amides is 1. The molecule has 0 saturated heterocycles. The van der Waals surface area contributed by atoms with Gasteiger partial charge in [-0.2, -0.15) is 0 Å². The highest BCUT2D eigenvalue weighted by molar-refractivity contribution is 7.19. The molecule has 0 atom stereocenters. The number of rotatable bonds is 4. The number of nitrogens with one attached hydrogen (secondary N) is 1. The highest BCUT2D eigenvalue weighted by atomic mass is 32.1. The van der Waals surface area contributed by atoms with E-state index in [-0.39, 0.29) is 11.8 Å². The first kappa shape index (κ1) is 13.2. The van der Waals surface area contributed by atoms with Gasteiger partial charge in [0.25, 0.3) is 0 Å². The Morgan fingerprint density at radius 1 is 1.27 bits per heavy atom. The van der Waals surface area contributed by atoms with Crippen molar-refractivity contribution in [2.45, 2.75) is 12.8 Å². The lowest BCUT2D eigenvalue weighted by Gasteiger charge is -1.98. The van der Waals surface area contributed by atoms with Crippen molar-refractivity contribution in [2.24, 2.45) is 5.92 Å². The number of hydrogen-bond donors (Lipinski definition) is 1. The van der Waals surface area contributed by atoms with Crippen molar-refractivity contribution in [3.05, 3.63) is 42.9 Å². The molecule has 4 rings (SSSR count). The van der Waals surface area contributed by atoms with Crippen LogP contribution in [-0.2, 0) is 4.79 Å². The minimum Gasteiger partial charge on any atom is -0.463 e. The molecule has 0 aromatic carbocycles. The lowest BCUT2D eigenvalue weighted by molar-refractivity contribution is -0.117. The third-order valence-corrected chi connectivity index (χ3v) is 4.52. The Balaban J connectivity index is 1.74. The van der Waals surface area contributed by atoms with E-state index in [1.807, 2.05) is 24.3 Å². The predicted molar refractivity (Wildman–Crippen MR) is 84.4 cm³/mol. The molecule has 1 aliphatic rings. The second kappa shape index (κ2) is 5.38. The Hall–Kier alpha value is -2.47. The standard InChI is InChI=1S/C16H13N3O2S/c20-15(11-3-4-11)19-16-18-13(12-2-1-9-21-12)14(22-16)10-5-7-17-8-6-10/h1-2,5-9,11H,3-4H2,(H,18,19,20). The zero-order valence-corrected chi connectivity index (χ0v) is 12.5. The Morgan fingerprint density at radius 2 is 2.09 bits per heavy atom. The number of furan rings is 1. The van der Waals surface area contributed by atoms with Gasteiger partial charge in [0.05, 0.1) is 11.1 Å². The van der Waals surface area contributed by atoms with E-state index in [0.29, 0.717) is 10.9 Å². The van der Waals surface area contributed by atoms with Crippen LogP contribution in [-0.4, -0.2) is 15.9 Å². The largest absolute Gasteiger partial charge is 0.463 e. The summed E-state index contributed by atoms with van der Waals surface area (Å²) in [6.07, 6.45) is 7.04. The molecule has 3 heterocycles. The van der Waals surface area contributed by atoms with Crippen LogP contribution in [0.2, 0.25) is 0 Å². The number of anilines is 1. The van der Waals surface area contributed by atoms with Gasteiger partial charge in [-0.3, -0.25) is 9.78 Å². The van der Waals surface area contributed by atoms with E-state index in [0.717, 1.165) is 29.0 Å². The molecular formula is C16H13N3O2S. The van der Waals surface area contributed by atoms with E-state index in [2.05, 4.69) is 15.3 Å². The Bertz CT molecular complexity index is 792. The second-order valence-corrected chi connectivity index (χ2v) is 6.17. The normalized spacial score (nSPS) is 14.0. The summed E-state index contributed by atoms with van der Waals surface area (Å²) < 4.78 is 5.48. The first-order chi connectivity index (χ1) is 10.8.